The second kappa shape index (κ2) is 7.88. The molecule has 0 aliphatic rings. The first-order chi connectivity index (χ1) is 9.93. The van der Waals surface area contributed by atoms with Gasteiger partial charge in [-0.05, 0) is 18.1 Å². The molecule has 21 heavy (non-hydrogen) atoms. The smallest absolute Gasteiger partial charge is 0.315 e. The lowest BCUT2D eigenvalue weighted by Crippen LogP contribution is -2.47. The lowest BCUT2D eigenvalue weighted by molar-refractivity contribution is -0.136. The van der Waals surface area contributed by atoms with E-state index in [4.69, 9.17) is 5.11 Å². The van der Waals surface area contributed by atoms with Gasteiger partial charge in [-0.1, -0.05) is 24.3 Å². The van der Waals surface area contributed by atoms with E-state index in [0.717, 1.165) is 5.56 Å². The lowest BCUT2D eigenvalue weighted by atomic mass is 10.0. The predicted molar refractivity (Wildman–Crippen MR) is 76.7 cm³/mol. The average Bonchev–Trinajstić information content (AvgIpc) is 2.44. The number of aliphatic carboxylic acids is 1. The SMILES string of the molecule is CNC(=O)C(C)NC(=O)NCc1ccccc1CC(=O)O. The zero-order chi connectivity index (χ0) is 15.8. The average molecular weight is 293 g/mol. The number of benzene rings is 1. The van der Waals surface area contributed by atoms with Gasteiger partial charge in [0.25, 0.3) is 0 Å². The standard InChI is InChI=1S/C14H19N3O4/c1-9(13(20)15-2)17-14(21)16-8-11-6-4-3-5-10(11)7-12(18)19/h3-6,9H,7-8H2,1-2H3,(H,15,20)(H,18,19)(H2,16,17,21). The van der Waals surface area contributed by atoms with Crippen molar-refractivity contribution in [1.82, 2.24) is 16.0 Å². The number of hydrogen-bond donors (Lipinski definition) is 4. The summed E-state index contributed by atoms with van der Waals surface area (Å²) in [6.45, 7) is 1.76. The minimum atomic E-state index is -0.930. The van der Waals surface area contributed by atoms with Gasteiger partial charge in [-0.15, -0.1) is 0 Å². The highest BCUT2D eigenvalue weighted by Crippen LogP contribution is 2.09. The number of hydrogen-bond acceptors (Lipinski definition) is 3. The summed E-state index contributed by atoms with van der Waals surface area (Å²) in [6.07, 6.45) is -0.103. The topological polar surface area (TPSA) is 108 Å². The van der Waals surface area contributed by atoms with Gasteiger partial charge in [0, 0.05) is 13.6 Å². The van der Waals surface area contributed by atoms with Crippen LogP contribution in [0.5, 0.6) is 0 Å². The minimum absolute atomic E-state index is 0.103. The molecule has 0 aliphatic heterocycles. The Morgan fingerprint density at radius 3 is 2.38 bits per heavy atom. The zero-order valence-corrected chi connectivity index (χ0v) is 12.0. The molecule has 0 spiro atoms. The first-order valence-corrected chi connectivity index (χ1v) is 6.48. The van der Waals surface area contributed by atoms with E-state index in [1.807, 2.05) is 0 Å². The lowest BCUT2D eigenvalue weighted by Gasteiger charge is -2.14. The summed E-state index contributed by atoms with van der Waals surface area (Å²) in [5, 5.41) is 16.3. The molecule has 0 aliphatic carbocycles. The molecule has 0 fully saturated rings. The molecule has 4 N–H and O–H groups in total. The van der Waals surface area contributed by atoms with E-state index >= 15 is 0 Å². The Balaban J connectivity index is 2.57. The summed E-state index contributed by atoms with van der Waals surface area (Å²) >= 11 is 0. The van der Waals surface area contributed by atoms with Crippen LogP contribution < -0.4 is 16.0 Å². The molecular formula is C14H19N3O4. The molecule has 0 saturated carbocycles. The van der Waals surface area contributed by atoms with Crippen molar-refractivity contribution in [2.45, 2.75) is 25.9 Å². The van der Waals surface area contributed by atoms with Crippen molar-refractivity contribution in [3.63, 3.8) is 0 Å². The molecule has 1 rings (SSSR count). The van der Waals surface area contributed by atoms with Crippen molar-refractivity contribution in [3.05, 3.63) is 35.4 Å². The molecule has 1 unspecified atom stereocenters. The number of carboxylic acids is 1. The first kappa shape index (κ1) is 16.5. The Morgan fingerprint density at radius 2 is 1.81 bits per heavy atom. The van der Waals surface area contributed by atoms with E-state index in [2.05, 4.69) is 16.0 Å². The molecule has 0 saturated heterocycles. The van der Waals surface area contributed by atoms with Crippen LogP contribution in [0.2, 0.25) is 0 Å². The summed E-state index contributed by atoms with van der Waals surface area (Å²) in [4.78, 5) is 33.7. The fraction of sp³-hybridized carbons (Fsp3) is 0.357. The minimum Gasteiger partial charge on any atom is -0.481 e. The molecule has 1 atom stereocenters. The van der Waals surface area contributed by atoms with E-state index in [9.17, 15) is 14.4 Å². The van der Waals surface area contributed by atoms with Crippen molar-refractivity contribution >= 4 is 17.9 Å². The van der Waals surface area contributed by atoms with Crippen molar-refractivity contribution in [3.8, 4) is 0 Å². The molecule has 0 bridgehead atoms. The summed E-state index contributed by atoms with van der Waals surface area (Å²) in [7, 11) is 1.49. The fourth-order valence-electron chi connectivity index (χ4n) is 1.77. The maximum Gasteiger partial charge on any atom is 0.315 e. The maximum atomic E-state index is 11.7. The number of nitrogens with one attached hydrogen (secondary N) is 3. The summed E-state index contributed by atoms with van der Waals surface area (Å²) in [5.74, 6) is -1.23. The predicted octanol–water partition coefficient (Wildman–Crippen LogP) is 0.247. The van der Waals surface area contributed by atoms with Gasteiger partial charge in [0.05, 0.1) is 6.42 Å². The van der Waals surface area contributed by atoms with Gasteiger partial charge in [-0.25, -0.2) is 4.79 Å². The summed E-state index contributed by atoms with van der Waals surface area (Å²) in [6, 6.07) is 5.83. The first-order valence-electron chi connectivity index (χ1n) is 6.48. The third-order valence-corrected chi connectivity index (χ3v) is 2.89. The Bertz CT molecular complexity index is 531. The van der Waals surface area contributed by atoms with Crippen LogP contribution in [0, 0.1) is 0 Å². The molecule has 114 valence electrons. The van der Waals surface area contributed by atoms with Gasteiger partial charge in [0.1, 0.15) is 6.04 Å². The Labute approximate surface area is 122 Å². The van der Waals surface area contributed by atoms with Crippen molar-refractivity contribution in [2.75, 3.05) is 7.05 Å². The molecule has 1 aromatic carbocycles. The largest absolute Gasteiger partial charge is 0.481 e. The zero-order valence-electron chi connectivity index (χ0n) is 12.0. The van der Waals surface area contributed by atoms with Gasteiger partial charge in [0.15, 0.2) is 0 Å². The normalized spacial score (nSPS) is 11.3. The number of urea groups is 1. The van der Waals surface area contributed by atoms with E-state index in [1.165, 1.54) is 7.05 Å². The van der Waals surface area contributed by atoms with Crippen LogP contribution in [0.3, 0.4) is 0 Å². The summed E-state index contributed by atoms with van der Waals surface area (Å²) < 4.78 is 0. The van der Waals surface area contributed by atoms with Crippen LogP contribution in [-0.2, 0) is 22.6 Å². The number of carboxylic acid groups (broad SMARTS) is 1. The quantitative estimate of drug-likeness (QED) is 0.603. The number of rotatable bonds is 6. The molecule has 0 radical (unpaired) electrons. The molecule has 1 aromatic rings. The Hall–Kier alpha value is -2.57. The highest BCUT2D eigenvalue weighted by Gasteiger charge is 2.14. The van der Waals surface area contributed by atoms with Crippen LogP contribution in [0.15, 0.2) is 24.3 Å². The van der Waals surface area contributed by atoms with E-state index in [1.54, 1.807) is 31.2 Å². The molecule has 0 heterocycles. The van der Waals surface area contributed by atoms with E-state index in [0.29, 0.717) is 5.56 Å². The van der Waals surface area contributed by atoms with Gasteiger partial charge in [0.2, 0.25) is 5.91 Å². The number of amides is 3. The second-order valence-corrected chi connectivity index (χ2v) is 4.50. The highest BCUT2D eigenvalue weighted by atomic mass is 16.4. The van der Waals surface area contributed by atoms with Crippen LogP contribution in [0.25, 0.3) is 0 Å². The van der Waals surface area contributed by atoms with Crippen LogP contribution >= 0.6 is 0 Å². The third-order valence-electron chi connectivity index (χ3n) is 2.89. The summed E-state index contributed by atoms with van der Waals surface area (Å²) in [5.41, 5.74) is 1.37. The third kappa shape index (κ3) is 5.52. The van der Waals surface area contributed by atoms with Gasteiger partial charge >= 0.3 is 12.0 Å². The number of carbonyl (C=O) groups is 3. The molecular weight excluding hydrogens is 274 g/mol. The number of carbonyl (C=O) groups excluding carboxylic acids is 2. The Morgan fingerprint density at radius 1 is 1.19 bits per heavy atom. The van der Waals surface area contributed by atoms with Gasteiger partial charge in [-0.3, -0.25) is 9.59 Å². The van der Waals surface area contributed by atoms with Crippen LogP contribution in [0.4, 0.5) is 4.79 Å². The van der Waals surface area contributed by atoms with Gasteiger partial charge in [-0.2, -0.15) is 0 Å². The van der Waals surface area contributed by atoms with Crippen molar-refractivity contribution in [1.29, 1.82) is 0 Å². The number of likely N-dealkylation sites (N-methyl/N-ethyl adjacent to an activating group) is 1. The monoisotopic (exact) mass is 293 g/mol. The van der Waals surface area contributed by atoms with Crippen molar-refractivity contribution in [2.24, 2.45) is 0 Å². The highest BCUT2D eigenvalue weighted by molar-refractivity contribution is 5.86. The van der Waals surface area contributed by atoms with E-state index in [-0.39, 0.29) is 18.9 Å². The molecule has 0 aromatic heterocycles. The second-order valence-electron chi connectivity index (χ2n) is 4.50. The fourth-order valence-corrected chi connectivity index (χ4v) is 1.77. The molecule has 7 heteroatoms. The van der Waals surface area contributed by atoms with Crippen molar-refractivity contribution < 1.29 is 19.5 Å². The van der Waals surface area contributed by atoms with Crippen LogP contribution in [-0.4, -0.2) is 36.1 Å². The Kier molecular flexibility index (Phi) is 6.19. The maximum absolute atomic E-state index is 11.7. The molecule has 3 amide bonds. The van der Waals surface area contributed by atoms with Gasteiger partial charge < -0.3 is 21.1 Å². The molecule has 7 nitrogen and oxygen atoms in total. The van der Waals surface area contributed by atoms with Crippen LogP contribution in [0.1, 0.15) is 18.1 Å². The van der Waals surface area contributed by atoms with E-state index < -0.39 is 18.0 Å².